The molecule has 1 amide bonds. The Bertz CT molecular complexity index is 640. The number of anilines is 2. The van der Waals surface area contributed by atoms with Crippen molar-refractivity contribution in [2.24, 2.45) is 0 Å². The second kappa shape index (κ2) is 7.02. The van der Waals surface area contributed by atoms with Gasteiger partial charge in [0.2, 0.25) is 5.91 Å². The summed E-state index contributed by atoms with van der Waals surface area (Å²) in [5.41, 5.74) is 1.67. The standard InChI is InChI=1S/C17H22N4O/c1-11(2)16-18-12(3)10-15(21-16)19-13(4)17(22)20-14-8-6-5-7-9-14/h5-11,13H,1-4H3,(H,20,22)(H,18,19,21). The minimum absolute atomic E-state index is 0.103. The quantitative estimate of drug-likeness (QED) is 0.888. The smallest absolute Gasteiger partial charge is 0.246 e. The maximum atomic E-state index is 12.2. The van der Waals surface area contributed by atoms with Gasteiger partial charge in [0.05, 0.1) is 0 Å². The molecule has 0 aliphatic rings. The van der Waals surface area contributed by atoms with Crippen LogP contribution in [0.2, 0.25) is 0 Å². The maximum absolute atomic E-state index is 12.2. The highest BCUT2D eigenvalue weighted by molar-refractivity contribution is 5.96. The predicted molar refractivity (Wildman–Crippen MR) is 89.0 cm³/mol. The number of hydrogen-bond donors (Lipinski definition) is 2. The van der Waals surface area contributed by atoms with Crippen LogP contribution in [-0.2, 0) is 4.79 Å². The summed E-state index contributed by atoms with van der Waals surface area (Å²) in [6.07, 6.45) is 0. The molecular formula is C17H22N4O. The normalized spacial score (nSPS) is 12.0. The Morgan fingerprint density at radius 1 is 1.09 bits per heavy atom. The van der Waals surface area contributed by atoms with Gasteiger partial charge in [0.15, 0.2) is 0 Å². The SMILES string of the molecule is Cc1cc(NC(C)C(=O)Nc2ccccc2)nc(C(C)C)n1. The average Bonchev–Trinajstić information content (AvgIpc) is 2.47. The first-order valence-electron chi connectivity index (χ1n) is 7.43. The van der Waals surface area contributed by atoms with E-state index < -0.39 is 6.04 Å². The lowest BCUT2D eigenvalue weighted by Crippen LogP contribution is -2.32. The molecule has 1 heterocycles. The fourth-order valence-corrected chi connectivity index (χ4v) is 1.98. The van der Waals surface area contributed by atoms with E-state index in [1.54, 1.807) is 0 Å². The average molecular weight is 298 g/mol. The van der Waals surface area contributed by atoms with Crippen molar-refractivity contribution in [3.8, 4) is 0 Å². The molecule has 1 aromatic heterocycles. The third-order valence-electron chi connectivity index (χ3n) is 3.19. The molecule has 22 heavy (non-hydrogen) atoms. The largest absolute Gasteiger partial charge is 0.359 e. The molecule has 2 aromatic rings. The lowest BCUT2D eigenvalue weighted by Gasteiger charge is -2.16. The monoisotopic (exact) mass is 298 g/mol. The number of hydrogen-bond acceptors (Lipinski definition) is 4. The van der Waals surface area contributed by atoms with Crippen LogP contribution in [0.4, 0.5) is 11.5 Å². The van der Waals surface area contributed by atoms with E-state index in [4.69, 9.17) is 0 Å². The summed E-state index contributed by atoms with van der Waals surface area (Å²) >= 11 is 0. The van der Waals surface area contributed by atoms with Crippen LogP contribution in [-0.4, -0.2) is 21.9 Å². The van der Waals surface area contributed by atoms with Gasteiger partial charge in [0, 0.05) is 23.4 Å². The number of amides is 1. The van der Waals surface area contributed by atoms with Crippen molar-refractivity contribution < 1.29 is 4.79 Å². The summed E-state index contributed by atoms with van der Waals surface area (Å²) in [7, 11) is 0. The van der Waals surface area contributed by atoms with E-state index >= 15 is 0 Å². The summed E-state index contributed by atoms with van der Waals surface area (Å²) in [6.45, 7) is 7.83. The third-order valence-corrected chi connectivity index (χ3v) is 3.19. The molecular weight excluding hydrogens is 276 g/mol. The van der Waals surface area contributed by atoms with Crippen LogP contribution in [0.15, 0.2) is 36.4 Å². The van der Waals surface area contributed by atoms with Gasteiger partial charge in [-0.25, -0.2) is 9.97 Å². The Balaban J connectivity index is 2.05. The summed E-state index contributed by atoms with van der Waals surface area (Å²) < 4.78 is 0. The topological polar surface area (TPSA) is 66.9 Å². The number of aryl methyl sites for hydroxylation is 1. The number of para-hydroxylation sites is 1. The Hall–Kier alpha value is -2.43. The zero-order valence-electron chi connectivity index (χ0n) is 13.4. The molecule has 5 heteroatoms. The lowest BCUT2D eigenvalue weighted by atomic mass is 10.2. The lowest BCUT2D eigenvalue weighted by molar-refractivity contribution is -0.116. The molecule has 0 aliphatic heterocycles. The molecule has 0 saturated heterocycles. The summed E-state index contributed by atoms with van der Waals surface area (Å²) in [5.74, 6) is 1.59. The molecule has 0 aliphatic carbocycles. The molecule has 0 saturated carbocycles. The van der Waals surface area contributed by atoms with Gasteiger partial charge in [0.1, 0.15) is 17.7 Å². The number of carbonyl (C=O) groups is 1. The first kappa shape index (κ1) is 15.9. The van der Waals surface area contributed by atoms with E-state index in [0.717, 1.165) is 17.2 Å². The van der Waals surface area contributed by atoms with Crippen molar-refractivity contribution >= 4 is 17.4 Å². The zero-order chi connectivity index (χ0) is 16.1. The fraction of sp³-hybridized carbons (Fsp3) is 0.353. The minimum Gasteiger partial charge on any atom is -0.359 e. The van der Waals surface area contributed by atoms with E-state index in [0.29, 0.717) is 5.82 Å². The van der Waals surface area contributed by atoms with Crippen LogP contribution in [0.3, 0.4) is 0 Å². The van der Waals surface area contributed by atoms with Gasteiger partial charge in [-0.05, 0) is 26.0 Å². The minimum atomic E-state index is -0.394. The Morgan fingerprint density at radius 3 is 2.41 bits per heavy atom. The van der Waals surface area contributed by atoms with Crippen LogP contribution in [0.1, 0.15) is 38.2 Å². The first-order chi connectivity index (χ1) is 10.5. The highest BCUT2D eigenvalue weighted by Crippen LogP contribution is 2.14. The van der Waals surface area contributed by atoms with E-state index in [9.17, 15) is 4.79 Å². The number of rotatable bonds is 5. The molecule has 1 unspecified atom stereocenters. The highest BCUT2D eigenvalue weighted by Gasteiger charge is 2.14. The summed E-state index contributed by atoms with van der Waals surface area (Å²) in [6, 6.07) is 10.8. The van der Waals surface area contributed by atoms with Gasteiger partial charge >= 0.3 is 0 Å². The van der Waals surface area contributed by atoms with Crippen LogP contribution in [0.5, 0.6) is 0 Å². The van der Waals surface area contributed by atoms with Crippen LogP contribution in [0.25, 0.3) is 0 Å². The van der Waals surface area contributed by atoms with Crippen molar-refractivity contribution in [1.29, 1.82) is 0 Å². The van der Waals surface area contributed by atoms with Crippen molar-refractivity contribution in [3.05, 3.63) is 47.9 Å². The first-order valence-corrected chi connectivity index (χ1v) is 7.43. The number of benzene rings is 1. The van der Waals surface area contributed by atoms with Crippen molar-refractivity contribution in [2.45, 2.75) is 39.7 Å². The van der Waals surface area contributed by atoms with Crippen LogP contribution in [0, 0.1) is 6.92 Å². The van der Waals surface area contributed by atoms with Gasteiger partial charge in [-0.2, -0.15) is 0 Å². The predicted octanol–water partition coefficient (Wildman–Crippen LogP) is 3.35. The third kappa shape index (κ3) is 4.28. The zero-order valence-corrected chi connectivity index (χ0v) is 13.4. The molecule has 5 nitrogen and oxygen atoms in total. The molecule has 116 valence electrons. The number of nitrogens with one attached hydrogen (secondary N) is 2. The van der Waals surface area contributed by atoms with Gasteiger partial charge in [0.25, 0.3) is 0 Å². The van der Waals surface area contributed by atoms with E-state index in [1.807, 2.05) is 64.1 Å². The van der Waals surface area contributed by atoms with E-state index in [1.165, 1.54) is 0 Å². The molecule has 1 atom stereocenters. The van der Waals surface area contributed by atoms with Crippen LogP contribution >= 0.6 is 0 Å². The number of nitrogens with zero attached hydrogens (tertiary/aromatic N) is 2. The molecule has 0 radical (unpaired) electrons. The molecule has 0 spiro atoms. The maximum Gasteiger partial charge on any atom is 0.246 e. The van der Waals surface area contributed by atoms with Gasteiger partial charge < -0.3 is 10.6 Å². The van der Waals surface area contributed by atoms with E-state index in [2.05, 4.69) is 20.6 Å². The second-order valence-corrected chi connectivity index (χ2v) is 5.63. The molecule has 0 bridgehead atoms. The van der Waals surface area contributed by atoms with Crippen molar-refractivity contribution in [3.63, 3.8) is 0 Å². The van der Waals surface area contributed by atoms with Gasteiger partial charge in [-0.3, -0.25) is 4.79 Å². The van der Waals surface area contributed by atoms with Crippen LogP contribution < -0.4 is 10.6 Å². The van der Waals surface area contributed by atoms with Crippen molar-refractivity contribution in [1.82, 2.24) is 9.97 Å². The molecule has 0 fully saturated rings. The summed E-state index contributed by atoms with van der Waals surface area (Å²) in [4.78, 5) is 21.1. The van der Waals surface area contributed by atoms with Crippen molar-refractivity contribution in [2.75, 3.05) is 10.6 Å². The Kier molecular flexibility index (Phi) is 5.09. The summed E-state index contributed by atoms with van der Waals surface area (Å²) in [5, 5.41) is 6.00. The second-order valence-electron chi connectivity index (χ2n) is 5.63. The van der Waals surface area contributed by atoms with Gasteiger partial charge in [-0.1, -0.05) is 32.0 Å². The number of carbonyl (C=O) groups excluding carboxylic acids is 1. The Morgan fingerprint density at radius 2 is 1.77 bits per heavy atom. The number of aromatic nitrogens is 2. The highest BCUT2D eigenvalue weighted by atomic mass is 16.2. The molecule has 2 rings (SSSR count). The molecule has 2 N–H and O–H groups in total. The fourth-order valence-electron chi connectivity index (χ4n) is 1.98. The Labute approximate surface area is 131 Å². The van der Waals surface area contributed by atoms with E-state index in [-0.39, 0.29) is 11.8 Å². The molecule has 1 aromatic carbocycles. The van der Waals surface area contributed by atoms with Gasteiger partial charge in [-0.15, -0.1) is 0 Å².